The van der Waals surface area contributed by atoms with Crippen LogP contribution < -0.4 is 21.9 Å². The second-order valence-electron chi connectivity index (χ2n) is 4.55. The fourth-order valence-corrected chi connectivity index (χ4v) is 1.73. The minimum Gasteiger partial charge on any atom is -0.383 e. The zero-order valence-corrected chi connectivity index (χ0v) is 12.8. The first kappa shape index (κ1) is 17.1. The third-order valence-corrected chi connectivity index (χ3v) is 2.85. The highest BCUT2D eigenvalue weighted by Gasteiger charge is 2.11. The van der Waals surface area contributed by atoms with Gasteiger partial charge in [-0.25, -0.2) is 15.8 Å². The lowest BCUT2D eigenvalue weighted by atomic mass is 10.2. The smallest absolute Gasteiger partial charge is 0.239 e. The van der Waals surface area contributed by atoms with Gasteiger partial charge in [-0.15, -0.1) is 0 Å². The summed E-state index contributed by atoms with van der Waals surface area (Å²) in [7, 11) is 1.59. The lowest BCUT2D eigenvalue weighted by molar-refractivity contribution is -0.119. The molecule has 0 unspecified atom stereocenters. The van der Waals surface area contributed by atoms with Crippen molar-refractivity contribution >= 4 is 17.5 Å². The van der Waals surface area contributed by atoms with Gasteiger partial charge in [-0.1, -0.05) is 6.92 Å². The van der Waals surface area contributed by atoms with Crippen molar-refractivity contribution in [2.45, 2.75) is 26.7 Å². The molecule has 21 heavy (non-hydrogen) atoms. The molecule has 8 nitrogen and oxygen atoms in total. The number of anilines is 2. The molecule has 0 aliphatic carbocycles. The molecule has 0 atom stereocenters. The summed E-state index contributed by atoms with van der Waals surface area (Å²) in [6, 6.07) is 0. The standard InChI is InChI=1S/C13H24N6O2/c1-4-5-10-17-12(9(2)13(18-10)19-14)16-8-11(20)15-6-7-21-3/h4-8,14H2,1-3H3,(H,15,20)(H2,16,17,18,19). The fourth-order valence-electron chi connectivity index (χ4n) is 1.73. The van der Waals surface area contributed by atoms with E-state index in [2.05, 4.69) is 33.0 Å². The maximum atomic E-state index is 11.7. The number of nitrogens with zero attached hydrogens (tertiary/aromatic N) is 2. The van der Waals surface area contributed by atoms with Crippen LogP contribution >= 0.6 is 0 Å². The number of hydrogen-bond acceptors (Lipinski definition) is 7. The number of nitrogen functional groups attached to an aromatic ring is 1. The molecule has 0 saturated heterocycles. The maximum Gasteiger partial charge on any atom is 0.239 e. The molecule has 1 amide bonds. The number of methoxy groups -OCH3 is 1. The minimum atomic E-state index is -0.121. The second-order valence-corrected chi connectivity index (χ2v) is 4.55. The summed E-state index contributed by atoms with van der Waals surface area (Å²) in [5.41, 5.74) is 3.34. The van der Waals surface area contributed by atoms with E-state index in [-0.39, 0.29) is 12.5 Å². The van der Waals surface area contributed by atoms with Crippen molar-refractivity contribution in [3.05, 3.63) is 11.4 Å². The van der Waals surface area contributed by atoms with E-state index in [9.17, 15) is 4.79 Å². The van der Waals surface area contributed by atoms with Crippen molar-refractivity contribution in [3.8, 4) is 0 Å². The van der Waals surface area contributed by atoms with Crippen molar-refractivity contribution in [2.24, 2.45) is 5.84 Å². The predicted molar refractivity (Wildman–Crippen MR) is 81.9 cm³/mol. The average Bonchev–Trinajstić information content (AvgIpc) is 2.48. The van der Waals surface area contributed by atoms with E-state index < -0.39 is 0 Å². The van der Waals surface area contributed by atoms with Gasteiger partial charge in [-0.05, 0) is 13.3 Å². The first-order valence-corrected chi connectivity index (χ1v) is 6.96. The lowest BCUT2D eigenvalue weighted by Crippen LogP contribution is -2.32. The van der Waals surface area contributed by atoms with E-state index in [1.807, 2.05) is 6.92 Å². The summed E-state index contributed by atoms with van der Waals surface area (Å²) >= 11 is 0. The van der Waals surface area contributed by atoms with Gasteiger partial charge in [0.05, 0.1) is 13.2 Å². The van der Waals surface area contributed by atoms with Crippen LogP contribution in [0.5, 0.6) is 0 Å². The Morgan fingerprint density at radius 2 is 2.05 bits per heavy atom. The van der Waals surface area contributed by atoms with Crippen LogP contribution in [0, 0.1) is 6.92 Å². The first-order valence-electron chi connectivity index (χ1n) is 6.96. The summed E-state index contributed by atoms with van der Waals surface area (Å²) in [5, 5.41) is 5.75. The molecule has 0 aliphatic rings. The number of carbonyl (C=O) groups is 1. The Kier molecular flexibility index (Phi) is 7.41. The highest BCUT2D eigenvalue weighted by atomic mass is 16.5. The molecule has 0 saturated carbocycles. The quantitative estimate of drug-likeness (QED) is 0.292. The first-order chi connectivity index (χ1) is 10.1. The van der Waals surface area contributed by atoms with Crippen LogP contribution in [0.2, 0.25) is 0 Å². The van der Waals surface area contributed by atoms with Crippen LogP contribution in [0.3, 0.4) is 0 Å². The van der Waals surface area contributed by atoms with E-state index >= 15 is 0 Å². The van der Waals surface area contributed by atoms with Gasteiger partial charge in [0.15, 0.2) is 0 Å². The van der Waals surface area contributed by atoms with Gasteiger partial charge in [0.1, 0.15) is 17.5 Å². The van der Waals surface area contributed by atoms with Crippen molar-refractivity contribution < 1.29 is 9.53 Å². The lowest BCUT2D eigenvalue weighted by Gasteiger charge is -2.13. The minimum absolute atomic E-state index is 0.121. The third kappa shape index (κ3) is 5.52. The number of aryl methyl sites for hydroxylation is 1. The monoisotopic (exact) mass is 296 g/mol. The molecule has 0 spiro atoms. The van der Waals surface area contributed by atoms with E-state index in [0.717, 1.165) is 18.4 Å². The van der Waals surface area contributed by atoms with Crippen molar-refractivity contribution in [2.75, 3.05) is 37.5 Å². The molecule has 1 rings (SSSR count). The number of ether oxygens (including phenoxy) is 1. The Bertz CT molecular complexity index is 466. The van der Waals surface area contributed by atoms with Crippen LogP contribution in [0.25, 0.3) is 0 Å². The highest BCUT2D eigenvalue weighted by molar-refractivity contribution is 5.80. The Hall–Kier alpha value is -1.93. The molecular weight excluding hydrogens is 272 g/mol. The molecule has 1 aromatic rings. The summed E-state index contributed by atoms with van der Waals surface area (Å²) in [6.07, 6.45) is 1.69. The molecule has 1 aromatic heterocycles. The molecule has 1 heterocycles. The third-order valence-electron chi connectivity index (χ3n) is 2.85. The molecule has 0 bridgehead atoms. The van der Waals surface area contributed by atoms with Crippen molar-refractivity contribution in [1.29, 1.82) is 0 Å². The van der Waals surface area contributed by atoms with E-state index in [1.54, 1.807) is 7.11 Å². The number of aromatic nitrogens is 2. The van der Waals surface area contributed by atoms with E-state index in [1.165, 1.54) is 0 Å². The zero-order valence-electron chi connectivity index (χ0n) is 12.8. The van der Waals surface area contributed by atoms with Gasteiger partial charge in [-0.2, -0.15) is 0 Å². The number of nitrogens with two attached hydrogens (primary N) is 1. The molecule has 0 radical (unpaired) electrons. The molecule has 0 aromatic carbocycles. The second kappa shape index (κ2) is 9.09. The Morgan fingerprint density at radius 1 is 1.33 bits per heavy atom. The molecule has 8 heteroatoms. The topological polar surface area (TPSA) is 114 Å². The van der Waals surface area contributed by atoms with Gasteiger partial charge in [-0.3, -0.25) is 4.79 Å². The van der Waals surface area contributed by atoms with Crippen LogP contribution in [-0.2, 0) is 16.0 Å². The van der Waals surface area contributed by atoms with Crippen LogP contribution in [0.1, 0.15) is 24.7 Å². The van der Waals surface area contributed by atoms with Gasteiger partial charge in [0, 0.05) is 25.6 Å². The maximum absolute atomic E-state index is 11.7. The average molecular weight is 296 g/mol. The predicted octanol–water partition coefficient (Wildman–Crippen LogP) is 0.198. The van der Waals surface area contributed by atoms with Gasteiger partial charge >= 0.3 is 0 Å². The summed E-state index contributed by atoms with van der Waals surface area (Å²) in [6.45, 7) is 5.00. The molecule has 118 valence electrons. The molecule has 0 aliphatic heterocycles. The fraction of sp³-hybridized carbons (Fsp3) is 0.615. The van der Waals surface area contributed by atoms with Gasteiger partial charge in [0.25, 0.3) is 0 Å². The summed E-state index contributed by atoms with van der Waals surface area (Å²) < 4.78 is 4.87. The number of rotatable bonds is 9. The normalized spacial score (nSPS) is 10.3. The van der Waals surface area contributed by atoms with Crippen LogP contribution in [-0.4, -0.2) is 42.7 Å². The van der Waals surface area contributed by atoms with Gasteiger partial charge < -0.3 is 20.8 Å². The molecular formula is C13H24N6O2. The molecule has 0 fully saturated rings. The van der Waals surface area contributed by atoms with Crippen LogP contribution in [0.15, 0.2) is 0 Å². The Labute approximate surface area is 124 Å². The Balaban J connectivity index is 2.68. The highest BCUT2D eigenvalue weighted by Crippen LogP contribution is 2.19. The van der Waals surface area contributed by atoms with Crippen molar-refractivity contribution in [3.63, 3.8) is 0 Å². The number of amides is 1. The Morgan fingerprint density at radius 3 is 2.67 bits per heavy atom. The molecule has 5 N–H and O–H groups in total. The van der Waals surface area contributed by atoms with Gasteiger partial charge in [0.2, 0.25) is 5.91 Å². The van der Waals surface area contributed by atoms with Crippen molar-refractivity contribution in [1.82, 2.24) is 15.3 Å². The SMILES string of the molecule is CCCc1nc(NN)c(C)c(NCC(=O)NCCOC)n1. The summed E-state index contributed by atoms with van der Waals surface area (Å²) in [5.74, 6) is 7.21. The van der Waals surface area contributed by atoms with Crippen LogP contribution in [0.4, 0.5) is 11.6 Å². The summed E-state index contributed by atoms with van der Waals surface area (Å²) in [4.78, 5) is 20.4. The largest absolute Gasteiger partial charge is 0.383 e. The van der Waals surface area contributed by atoms with E-state index in [4.69, 9.17) is 10.6 Å². The number of hydrogen-bond donors (Lipinski definition) is 4. The van der Waals surface area contributed by atoms with E-state index in [0.29, 0.717) is 30.6 Å². The number of nitrogens with one attached hydrogen (secondary N) is 3. The zero-order chi connectivity index (χ0) is 15.7. The number of hydrazine groups is 1. The number of carbonyl (C=O) groups excluding carboxylic acids is 1.